The van der Waals surface area contributed by atoms with Crippen LogP contribution in [0.15, 0.2) is 166 Å². The Kier molecular flexibility index (Phi) is 21.7. The number of anilines is 2. The second-order valence-electron chi connectivity index (χ2n) is 17.8. The fraction of sp³-hybridized carbons (Fsp3) is 0.283. The number of hydrogen-bond acceptors (Lipinski definition) is 4. The lowest BCUT2D eigenvalue weighted by molar-refractivity contribution is -0.911. The first-order chi connectivity index (χ1) is 29.6. The molecule has 0 saturated heterocycles. The van der Waals surface area contributed by atoms with Gasteiger partial charge >= 0.3 is 0 Å². The molecule has 0 radical (unpaired) electrons. The summed E-state index contributed by atoms with van der Waals surface area (Å²) in [5.74, 6) is 0. The van der Waals surface area contributed by atoms with Gasteiger partial charge in [-0.3, -0.25) is 0 Å². The van der Waals surface area contributed by atoms with E-state index in [0.29, 0.717) is 0 Å². The number of para-hydroxylation sites is 4. The molecular formula is C53H62I4N6S2. The van der Waals surface area contributed by atoms with Crippen molar-refractivity contribution in [3.63, 3.8) is 0 Å². The molecule has 0 spiro atoms. The van der Waals surface area contributed by atoms with Crippen LogP contribution >= 0.6 is 23.5 Å². The number of aryl methyl sites for hydroxylation is 2. The highest BCUT2D eigenvalue weighted by Gasteiger charge is 2.24. The third kappa shape index (κ3) is 14.0. The van der Waals surface area contributed by atoms with Gasteiger partial charge in [-0.05, 0) is 59.7 Å². The molecule has 0 unspecified atom stereocenters. The standard InChI is InChI=1S/C53H62N6S2.4HI/c1-54-48-26-11-13-28-50(48)60-52(54)30-15-20-42-32-36-56(46-24-9-7-22-44(42)46)34-17-38-58(3,4)40-19-41-59(5,6)39-18-35-57-37-33-43(45-23-8-10-25-47(45)57)21-16-31-53-55(2)49-27-12-14-29-51(49)61-53;;;;/h7-16,20-33,36-37H,17-19,34-35,38-41H2,1-6H3;4*1H/q+4;;;;/p-4. The fourth-order valence-electron chi connectivity index (χ4n) is 8.79. The van der Waals surface area contributed by atoms with E-state index in [2.05, 4.69) is 219 Å². The summed E-state index contributed by atoms with van der Waals surface area (Å²) in [4.78, 5) is 7.18. The molecule has 12 heteroatoms. The molecular weight excluding hydrogens is 1290 g/mol. The van der Waals surface area contributed by atoms with Gasteiger partial charge in [0.05, 0.1) is 99.4 Å². The zero-order valence-electron chi connectivity index (χ0n) is 38.4. The van der Waals surface area contributed by atoms with Crippen molar-refractivity contribution in [2.75, 3.05) is 78.3 Å². The lowest BCUT2D eigenvalue weighted by Crippen LogP contribution is -3.00. The number of thioether (sulfide) groups is 2. The van der Waals surface area contributed by atoms with Crippen LogP contribution in [0.5, 0.6) is 0 Å². The van der Waals surface area contributed by atoms with E-state index in [4.69, 9.17) is 0 Å². The zero-order valence-corrected chi connectivity index (χ0v) is 48.6. The normalized spacial score (nSPS) is 14.7. The van der Waals surface area contributed by atoms with E-state index in [-0.39, 0.29) is 95.9 Å². The van der Waals surface area contributed by atoms with Gasteiger partial charge in [-0.25, -0.2) is 0 Å². The molecule has 6 aromatic rings. The summed E-state index contributed by atoms with van der Waals surface area (Å²) in [6.45, 7) is 6.74. The van der Waals surface area contributed by atoms with Crippen LogP contribution in [0.3, 0.4) is 0 Å². The number of rotatable bonds is 16. The molecule has 2 aromatic heterocycles. The molecule has 6 nitrogen and oxygen atoms in total. The number of quaternary nitrogens is 2. The Morgan fingerprint density at radius 2 is 0.846 bits per heavy atom. The van der Waals surface area contributed by atoms with Crippen molar-refractivity contribution >= 4 is 68.9 Å². The highest BCUT2D eigenvalue weighted by molar-refractivity contribution is 8.04. The predicted molar refractivity (Wildman–Crippen MR) is 261 cm³/mol. The quantitative estimate of drug-likeness (QED) is 0.0689. The average molecular weight is 1350 g/mol. The number of halogens is 4. The van der Waals surface area contributed by atoms with E-state index < -0.39 is 0 Å². The monoisotopic (exact) mass is 1350 g/mol. The summed E-state index contributed by atoms with van der Waals surface area (Å²) in [6, 6.07) is 39.5. The highest BCUT2D eigenvalue weighted by Crippen LogP contribution is 2.45. The van der Waals surface area contributed by atoms with Gasteiger partial charge in [0.2, 0.25) is 11.0 Å². The molecule has 2 aliphatic heterocycles. The highest BCUT2D eigenvalue weighted by atomic mass is 127. The SMILES string of the molecule is CN1/C(=C/C=C/c2cc[n+](CCC[N+](C)(C)CCC[N+](C)(C)CCC[n+]3ccc(/C=C/C=C4\Sc5ccccc5N4C)c4ccccc43)c3ccccc23)Sc2ccccc21.[I-].[I-].[I-].[I-]. The van der Waals surface area contributed by atoms with E-state index >= 15 is 0 Å². The summed E-state index contributed by atoms with van der Waals surface area (Å²) < 4.78 is 6.99. The number of aromatic nitrogens is 2. The molecule has 0 bridgehead atoms. The first-order valence-corrected chi connectivity index (χ1v) is 23.4. The summed E-state index contributed by atoms with van der Waals surface area (Å²) in [7, 11) is 13.9. The van der Waals surface area contributed by atoms with Crippen LogP contribution in [-0.4, -0.2) is 77.4 Å². The number of nitrogens with zero attached hydrogens (tertiary/aromatic N) is 6. The lowest BCUT2D eigenvalue weighted by atomic mass is 10.1. The van der Waals surface area contributed by atoms with E-state index in [1.807, 2.05) is 23.5 Å². The first kappa shape index (κ1) is 55.4. The van der Waals surface area contributed by atoms with Crippen LogP contribution in [0.25, 0.3) is 34.0 Å². The van der Waals surface area contributed by atoms with Crippen molar-refractivity contribution in [3.05, 3.63) is 167 Å². The van der Waals surface area contributed by atoms with Gasteiger partial charge in [-0.2, -0.15) is 9.13 Å². The van der Waals surface area contributed by atoms with Crippen molar-refractivity contribution in [1.82, 2.24) is 0 Å². The molecule has 65 heavy (non-hydrogen) atoms. The van der Waals surface area contributed by atoms with E-state index in [0.717, 1.165) is 48.0 Å². The summed E-state index contributed by atoms with van der Waals surface area (Å²) in [5.41, 5.74) is 7.66. The smallest absolute Gasteiger partial charge is 0.213 e. The minimum Gasteiger partial charge on any atom is -1.00 e. The summed E-state index contributed by atoms with van der Waals surface area (Å²) >= 11 is 3.66. The topological polar surface area (TPSA) is 14.2 Å². The van der Waals surface area contributed by atoms with Gasteiger partial charge in [0.25, 0.3) is 0 Å². The molecule has 0 fully saturated rings. The Labute approximate surface area is 465 Å². The second kappa shape index (κ2) is 25.4. The zero-order chi connectivity index (χ0) is 42.4. The molecule has 2 aliphatic rings. The maximum absolute atomic E-state index is 2.44. The molecule has 344 valence electrons. The van der Waals surface area contributed by atoms with Crippen molar-refractivity contribution in [1.29, 1.82) is 0 Å². The molecule has 4 aromatic carbocycles. The average Bonchev–Trinajstić information content (AvgIpc) is 3.76. The molecule has 8 rings (SSSR count). The summed E-state index contributed by atoms with van der Waals surface area (Å²) in [6.07, 6.45) is 21.4. The van der Waals surface area contributed by atoms with Crippen molar-refractivity contribution in [3.8, 4) is 0 Å². The Bertz CT molecular complexity index is 2480. The Balaban J connectivity index is 0.00000231. The largest absolute Gasteiger partial charge is 1.00 e. The Morgan fingerprint density at radius 3 is 1.26 bits per heavy atom. The van der Waals surface area contributed by atoms with E-state index in [9.17, 15) is 0 Å². The maximum Gasteiger partial charge on any atom is 0.213 e. The van der Waals surface area contributed by atoms with Gasteiger partial charge in [-0.15, -0.1) is 0 Å². The number of benzene rings is 4. The van der Waals surface area contributed by atoms with Crippen molar-refractivity contribution in [2.24, 2.45) is 0 Å². The van der Waals surface area contributed by atoms with Crippen LogP contribution < -0.4 is 115 Å². The third-order valence-corrected chi connectivity index (χ3v) is 14.7. The molecule has 4 heterocycles. The van der Waals surface area contributed by atoms with Gasteiger partial charge in [0, 0.05) is 54.6 Å². The number of allylic oxidation sites excluding steroid dienone is 4. The van der Waals surface area contributed by atoms with Crippen LogP contribution in [0.4, 0.5) is 11.4 Å². The van der Waals surface area contributed by atoms with Crippen LogP contribution in [-0.2, 0) is 13.1 Å². The Morgan fingerprint density at radius 1 is 0.477 bits per heavy atom. The minimum atomic E-state index is 0. The fourth-order valence-corrected chi connectivity index (χ4v) is 10.9. The van der Waals surface area contributed by atoms with Gasteiger partial charge in [0.15, 0.2) is 25.5 Å². The second-order valence-corrected chi connectivity index (χ2v) is 19.9. The van der Waals surface area contributed by atoms with Gasteiger partial charge in [0.1, 0.15) is 0 Å². The molecule has 0 N–H and O–H groups in total. The molecule has 0 aliphatic carbocycles. The number of fused-ring (bicyclic) bond motifs is 4. The molecule has 0 saturated carbocycles. The lowest BCUT2D eigenvalue weighted by Gasteiger charge is -2.33. The van der Waals surface area contributed by atoms with Crippen molar-refractivity contribution < 1.29 is 114 Å². The van der Waals surface area contributed by atoms with Gasteiger partial charge < -0.3 is 115 Å². The molecule has 0 atom stereocenters. The third-order valence-electron chi connectivity index (χ3n) is 12.3. The van der Waals surface area contributed by atoms with Crippen LogP contribution in [0, 0.1) is 0 Å². The summed E-state index contributed by atoms with van der Waals surface area (Å²) in [5, 5.41) is 5.09. The van der Waals surface area contributed by atoms with Crippen molar-refractivity contribution in [2.45, 2.75) is 42.1 Å². The van der Waals surface area contributed by atoms with E-state index in [1.165, 1.54) is 83.7 Å². The van der Waals surface area contributed by atoms with Gasteiger partial charge in [-0.1, -0.05) is 96.4 Å². The predicted octanol–water partition coefficient (Wildman–Crippen LogP) is -1.20. The maximum atomic E-state index is 2.44. The molecule has 0 amide bonds. The van der Waals surface area contributed by atoms with E-state index in [1.54, 1.807) is 0 Å². The Hall–Kier alpha value is -2.20. The first-order valence-electron chi connectivity index (χ1n) is 21.8. The minimum absolute atomic E-state index is 0. The van der Waals surface area contributed by atoms with Crippen LogP contribution in [0.2, 0.25) is 0 Å². The number of hydrogen-bond donors (Lipinski definition) is 0. The number of pyridine rings is 2. The van der Waals surface area contributed by atoms with Crippen LogP contribution in [0.1, 0.15) is 30.4 Å².